The molecule has 0 aromatic carbocycles. The van der Waals surface area contributed by atoms with Crippen molar-refractivity contribution >= 4 is 15.8 Å². The fourth-order valence-corrected chi connectivity index (χ4v) is 8.75. The first-order valence-corrected chi connectivity index (χ1v) is 10.4. The number of terminal acetylenes is 1. The van der Waals surface area contributed by atoms with Crippen LogP contribution in [0.15, 0.2) is 0 Å². The van der Waals surface area contributed by atoms with Crippen molar-refractivity contribution in [1.29, 1.82) is 0 Å². The van der Waals surface area contributed by atoms with E-state index in [2.05, 4.69) is 68.2 Å². The molecule has 0 unspecified atom stereocenters. The van der Waals surface area contributed by atoms with Crippen LogP contribution in [0, 0.1) is 12.8 Å². The zero-order valence-corrected chi connectivity index (χ0v) is 17.4. The van der Waals surface area contributed by atoms with Gasteiger partial charge in [-0.3, -0.25) is 0 Å². The maximum atomic E-state index is 4.00. The topological polar surface area (TPSA) is 0 Å². The second-order valence-corrected chi connectivity index (χ2v) is 12.9. The summed E-state index contributed by atoms with van der Waals surface area (Å²) in [6.45, 7) is 19.3. The van der Waals surface area contributed by atoms with E-state index in [-0.39, 0.29) is 36.3 Å². The van der Waals surface area contributed by atoms with Crippen LogP contribution >= 0.6 is 15.8 Å². The quantitative estimate of drug-likeness (QED) is 0.289. The molecule has 0 aromatic rings. The van der Waals surface area contributed by atoms with Crippen LogP contribution in [-0.2, 0) is 20.4 Å². The molecule has 0 amide bonds. The van der Waals surface area contributed by atoms with Crippen LogP contribution in [0.1, 0.15) is 55.4 Å². The van der Waals surface area contributed by atoms with Gasteiger partial charge in [0.25, 0.3) is 0 Å². The van der Waals surface area contributed by atoms with Crippen molar-refractivity contribution in [3.05, 3.63) is 0 Å². The Kier molecular flexibility index (Phi) is 18.5. The van der Waals surface area contributed by atoms with Crippen LogP contribution in [0.25, 0.3) is 0 Å². The fraction of sp³-hybridized carbons (Fsp3) is 0.875. The Hall–Kier alpha value is 1.08. The summed E-state index contributed by atoms with van der Waals surface area (Å²) in [5.41, 5.74) is 3.63. The van der Waals surface area contributed by atoms with Gasteiger partial charge < -0.3 is 0 Å². The molecule has 0 rings (SSSR count). The maximum Gasteiger partial charge on any atom is 0 e. The average Bonchev–Trinajstić information content (AvgIpc) is 2.24. The molecule has 0 fully saturated rings. The van der Waals surface area contributed by atoms with Crippen molar-refractivity contribution < 1.29 is 20.4 Å². The Labute approximate surface area is 139 Å². The smallest absolute Gasteiger partial charge is 0 e. The van der Waals surface area contributed by atoms with E-state index < -0.39 is 0 Å². The van der Waals surface area contributed by atoms with Crippen molar-refractivity contribution in [2.75, 3.05) is 12.3 Å². The van der Waals surface area contributed by atoms with Crippen LogP contribution < -0.4 is 0 Å². The Balaban J connectivity index is -0.000000809. The molecule has 0 spiro atoms. The summed E-state index contributed by atoms with van der Waals surface area (Å²) in [5.74, 6) is 0. The zero-order chi connectivity index (χ0) is 14.9. The minimum Gasteiger partial charge on any atom is -0.124 e. The van der Waals surface area contributed by atoms with E-state index in [1.807, 2.05) is 0 Å². The first-order valence-electron chi connectivity index (χ1n) is 7.12. The molecule has 0 aliphatic heterocycles. The van der Waals surface area contributed by atoms with Crippen molar-refractivity contribution in [2.45, 2.75) is 78.0 Å². The monoisotopic (exact) mass is 394 g/mol. The molecule has 0 bridgehead atoms. The maximum absolute atomic E-state index is 4.00. The van der Waals surface area contributed by atoms with E-state index in [0.29, 0.717) is 0 Å². The van der Waals surface area contributed by atoms with Gasteiger partial charge in [0.15, 0.2) is 0 Å². The normalized spacial score (nSPS) is 11.2. The average molecular weight is 395 g/mol. The minimum atomic E-state index is 0. The molecule has 0 aliphatic carbocycles. The van der Waals surface area contributed by atoms with Crippen molar-refractivity contribution in [3.63, 3.8) is 0 Å². The van der Waals surface area contributed by atoms with Gasteiger partial charge in [0.05, 0.1) is 0 Å². The molecular formula is C16H34P2Pd. The standard InChI is InChI=1S/C14H32P2.C2H2.Pd/c1-11(2)15(12(3)4)9-10-16(13(5)6)14(7)8;1-2;/h11-14H,9-10H2,1-8H3;1-2H;. The van der Waals surface area contributed by atoms with Gasteiger partial charge in [0.1, 0.15) is 0 Å². The number of hydrogen-bond donors (Lipinski definition) is 0. The third kappa shape index (κ3) is 11.4. The first kappa shape index (κ1) is 25.1. The van der Waals surface area contributed by atoms with Crippen molar-refractivity contribution in [2.24, 2.45) is 0 Å². The van der Waals surface area contributed by atoms with Crippen LogP contribution in [0.4, 0.5) is 0 Å². The third-order valence-corrected chi connectivity index (χ3v) is 10.4. The van der Waals surface area contributed by atoms with Gasteiger partial charge in [-0.1, -0.05) is 55.4 Å². The van der Waals surface area contributed by atoms with E-state index in [1.54, 1.807) is 0 Å². The number of hydrogen-bond acceptors (Lipinski definition) is 0. The SMILES string of the molecule is C#C.CC(C)P(CCP(C(C)C)C(C)C)C(C)C.[Pd]. The molecule has 0 saturated carbocycles. The van der Waals surface area contributed by atoms with Gasteiger partial charge in [-0.15, -0.1) is 28.7 Å². The molecule has 0 atom stereocenters. The van der Waals surface area contributed by atoms with Crippen LogP contribution in [-0.4, -0.2) is 35.0 Å². The van der Waals surface area contributed by atoms with Crippen LogP contribution in [0.5, 0.6) is 0 Å². The minimum absolute atomic E-state index is 0. The van der Waals surface area contributed by atoms with Crippen molar-refractivity contribution in [3.8, 4) is 12.8 Å². The summed E-state index contributed by atoms with van der Waals surface area (Å²) >= 11 is 0. The molecule has 0 heterocycles. The second kappa shape index (κ2) is 14.0. The molecule has 3 heteroatoms. The van der Waals surface area contributed by atoms with Gasteiger partial charge >= 0.3 is 0 Å². The Morgan fingerprint density at radius 2 is 0.737 bits per heavy atom. The molecular weight excluding hydrogens is 361 g/mol. The summed E-state index contributed by atoms with van der Waals surface area (Å²) in [5, 5.41) is 0. The molecule has 118 valence electrons. The second-order valence-electron chi connectivity index (χ2n) is 5.85. The first-order chi connectivity index (χ1) is 8.27. The Morgan fingerprint density at radius 1 is 0.579 bits per heavy atom. The fourth-order valence-electron chi connectivity index (χ4n) is 2.46. The summed E-state index contributed by atoms with van der Waals surface area (Å²) in [7, 11) is 0.511. The largest absolute Gasteiger partial charge is 0.124 e. The van der Waals surface area contributed by atoms with Crippen LogP contribution in [0.3, 0.4) is 0 Å². The summed E-state index contributed by atoms with van der Waals surface area (Å²) < 4.78 is 0. The Morgan fingerprint density at radius 3 is 0.842 bits per heavy atom. The molecule has 19 heavy (non-hydrogen) atoms. The van der Waals surface area contributed by atoms with Gasteiger partial charge in [-0.25, -0.2) is 0 Å². The van der Waals surface area contributed by atoms with Gasteiger partial charge in [-0.2, -0.15) is 0 Å². The van der Waals surface area contributed by atoms with E-state index in [0.717, 1.165) is 22.6 Å². The van der Waals surface area contributed by atoms with Crippen molar-refractivity contribution in [1.82, 2.24) is 0 Å². The van der Waals surface area contributed by atoms with E-state index in [9.17, 15) is 0 Å². The number of rotatable bonds is 7. The van der Waals surface area contributed by atoms with Gasteiger partial charge in [0, 0.05) is 20.4 Å². The Bertz CT molecular complexity index is 174. The molecule has 0 saturated heterocycles. The summed E-state index contributed by atoms with van der Waals surface area (Å²) in [6, 6.07) is 0. The molecule has 0 radical (unpaired) electrons. The molecule has 0 N–H and O–H groups in total. The zero-order valence-electron chi connectivity index (χ0n) is 14.1. The summed E-state index contributed by atoms with van der Waals surface area (Å²) in [6.07, 6.45) is 11.0. The molecule has 0 aromatic heterocycles. The molecule has 0 aliphatic rings. The predicted octanol–water partition coefficient (Wildman–Crippen LogP) is 5.83. The third-order valence-electron chi connectivity index (χ3n) is 3.27. The van der Waals surface area contributed by atoms with E-state index >= 15 is 0 Å². The van der Waals surface area contributed by atoms with E-state index in [1.165, 1.54) is 12.3 Å². The van der Waals surface area contributed by atoms with E-state index in [4.69, 9.17) is 0 Å². The van der Waals surface area contributed by atoms with Gasteiger partial charge in [0.2, 0.25) is 0 Å². The van der Waals surface area contributed by atoms with Crippen LogP contribution in [0.2, 0.25) is 0 Å². The molecule has 0 nitrogen and oxygen atoms in total. The summed E-state index contributed by atoms with van der Waals surface area (Å²) in [4.78, 5) is 0. The van der Waals surface area contributed by atoms with Gasteiger partial charge in [-0.05, 0) is 35.0 Å². The predicted molar refractivity (Wildman–Crippen MR) is 94.0 cm³/mol.